The van der Waals surface area contributed by atoms with Crippen molar-refractivity contribution >= 4 is 6.09 Å². The lowest BCUT2D eigenvalue weighted by Crippen LogP contribution is -2.39. The van der Waals surface area contributed by atoms with E-state index in [9.17, 15) is 9.90 Å². The summed E-state index contributed by atoms with van der Waals surface area (Å²) in [7, 11) is 0. The van der Waals surface area contributed by atoms with Crippen molar-refractivity contribution in [2.24, 2.45) is 5.92 Å². The summed E-state index contributed by atoms with van der Waals surface area (Å²) >= 11 is 0. The van der Waals surface area contributed by atoms with Crippen molar-refractivity contribution in [3.63, 3.8) is 0 Å². The van der Waals surface area contributed by atoms with Crippen molar-refractivity contribution in [3.05, 3.63) is 43.1 Å². The second-order valence-corrected chi connectivity index (χ2v) is 7.38. The topological polar surface area (TPSA) is 110 Å². The third-order valence-corrected chi connectivity index (χ3v) is 5.17. The van der Waals surface area contributed by atoms with E-state index in [2.05, 4.69) is 27.4 Å². The van der Waals surface area contributed by atoms with Crippen LogP contribution in [0.1, 0.15) is 32.6 Å². The lowest BCUT2D eigenvalue weighted by atomic mass is 9.87. The first kappa shape index (κ1) is 18.9. The summed E-state index contributed by atoms with van der Waals surface area (Å²) in [5.74, 6) is 1.42. The van der Waals surface area contributed by atoms with Gasteiger partial charge in [-0.05, 0) is 55.9 Å². The number of phenolic OH excluding ortho intramolecular Hbond substituents is 1. The van der Waals surface area contributed by atoms with Gasteiger partial charge in [0.25, 0.3) is 0 Å². The number of hydrogen-bond acceptors (Lipinski definition) is 7. The molecule has 1 saturated carbocycles. The van der Waals surface area contributed by atoms with E-state index in [0.29, 0.717) is 34.2 Å². The Morgan fingerprint density at radius 1 is 1.17 bits per heavy atom. The summed E-state index contributed by atoms with van der Waals surface area (Å²) in [6.45, 7) is 2.23. The standard InChI is InChI=1S/C21H22N4O4/c1-13-2-4-16(5-3-13)24-21(27)29-17-6-7-19(26)18(9-17)14-8-15(11-22-10-14)20-25-23-12-28-20/h6-13,16,26H,2-5H2,1H3,(H,24,27). The van der Waals surface area contributed by atoms with Gasteiger partial charge in [0.15, 0.2) is 0 Å². The molecule has 8 nitrogen and oxygen atoms in total. The Morgan fingerprint density at radius 2 is 1.97 bits per heavy atom. The molecule has 1 amide bonds. The Labute approximate surface area is 168 Å². The Kier molecular flexibility index (Phi) is 5.41. The Morgan fingerprint density at radius 3 is 2.72 bits per heavy atom. The third kappa shape index (κ3) is 4.53. The lowest BCUT2D eigenvalue weighted by molar-refractivity contribution is 0.189. The highest BCUT2D eigenvalue weighted by Gasteiger charge is 2.21. The van der Waals surface area contributed by atoms with Crippen LogP contribution < -0.4 is 10.1 Å². The predicted molar refractivity (Wildman–Crippen MR) is 105 cm³/mol. The fraction of sp³-hybridized carbons (Fsp3) is 0.333. The summed E-state index contributed by atoms with van der Waals surface area (Å²) in [6.07, 6.45) is 8.08. The molecule has 1 fully saturated rings. The number of aromatic nitrogens is 3. The molecule has 150 valence electrons. The molecule has 0 saturated heterocycles. The van der Waals surface area contributed by atoms with E-state index in [0.717, 1.165) is 25.7 Å². The first-order valence-electron chi connectivity index (χ1n) is 9.62. The fourth-order valence-corrected chi connectivity index (χ4v) is 3.52. The van der Waals surface area contributed by atoms with E-state index in [4.69, 9.17) is 9.15 Å². The molecule has 1 aromatic carbocycles. The van der Waals surface area contributed by atoms with Crippen molar-refractivity contribution in [1.82, 2.24) is 20.5 Å². The average molecular weight is 394 g/mol. The van der Waals surface area contributed by atoms with Crippen molar-refractivity contribution in [1.29, 1.82) is 0 Å². The maximum absolute atomic E-state index is 12.3. The average Bonchev–Trinajstić information content (AvgIpc) is 3.26. The monoisotopic (exact) mass is 394 g/mol. The zero-order valence-electron chi connectivity index (χ0n) is 16.0. The Bertz CT molecular complexity index is 982. The number of ether oxygens (including phenoxy) is 1. The van der Waals surface area contributed by atoms with Crippen LogP contribution in [0.4, 0.5) is 4.79 Å². The molecule has 0 bridgehead atoms. The molecule has 0 unspecified atom stereocenters. The molecule has 0 spiro atoms. The minimum absolute atomic E-state index is 0.0449. The molecule has 2 aromatic heterocycles. The number of phenols is 1. The molecule has 29 heavy (non-hydrogen) atoms. The van der Waals surface area contributed by atoms with Crippen LogP contribution in [-0.4, -0.2) is 32.4 Å². The number of carbonyl (C=O) groups is 1. The zero-order valence-corrected chi connectivity index (χ0v) is 16.0. The van der Waals surface area contributed by atoms with Crippen molar-refractivity contribution in [2.75, 3.05) is 0 Å². The molecular weight excluding hydrogens is 372 g/mol. The maximum atomic E-state index is 12.3. The predicted octanol–water partition coefficient (Wildman–Crippen LogP) is 4.17. The van der Waals surface area contributed by atoms with Crippen LogP contribution in [0.3, 0.4) is 0 Å². The molecule has 1 aliphatic carbocycles. The summed E-state index contributed by atoms with van der Waals surface area (Å²) in [4.78, 5) is 16.4. The number of aromatic hydroxyl groups is 1. The molecule has 2 N–H and O–H groups in total. The van der Waals surface area contributed by atoms with Gasteiger partial charge in [-0.3, -0.25) is 4.98 Å². The Balaban J connectivity index is 1.49. The molecule has 0 radical (unpaired) electrons. The molecule has 0 atom stereocenters. The smallest absolute Gasteiger partial charge is 0.412 e. The number of nitrogens with one attached hydrogen (secondary N) is 1. The van der Waals surface area contributed by atoms with Crippen LogP contribution in [0.15, 0.2) is 47.5 Å². The van der Waals surface area contributed by atoms with Gasteiger partial charge in [-0.1, -0.05) is 6.92 Å². The number of amides is 1. The Hall–Kier alpha value is -3.42. The first-order valence-corrected chi connectivity index (χ1v) is 9.62. The number of rotatable bonds is 4. The SMILES string of the molecule is CC1CCC(NC(=O)Oc2ccc(O)c(-c3cncc(-c4nnco4)c3)c2)CC1. The quantitative estimate of drug-likeness (QED) is 0.683. The summed E-state index contributed by atoms with van der Waals surface area (Å²) in [6, 6.07) is 6.55. The summed E-state index contributed by atoms with van der Waals surface area (Å²) in [5, 5.41) is 20.7. The summed E-state index contributed by atoms with van der Waals surface area (Å²) in [5.41, 5.74) is 1.73. The van der Waals surface area contributed by atoms with Gasteiger partial charge in [-0.15, -0.1) is 10.2 Å². The van der Waals surface area contributed by atoms with E-state index in [-0.39, 0.29) is 11.8 Å². The van der Waals surface area contributed by atoms with Crippen LogP contribution in [0.2, 0.25) is 0 Å². The van der Waals surface area contributed by atoms with Crippen molar-refractivity contribution in [3.8, 4) is 34.1 Å². The van der Waals surface area contributed by atoms with Gasteiger partial charge in [0, 0.05) is 29.6 Å². The molecule has 0 aliphatic heterocycles. The highest BCUT2D eigenvalue weighted by Crippen LogP contribution is 2.34. The first-order chi connectivity index (χ1) is 14.1. The summed E-state index contributed by atoms with van der Waals surface area (Å²) < 4.78 is 10.6. The third-order valence-electron chi connectivity index (χ3n) is 5.17. The van der Waals surface area contributed by atoms with E-state index in [1.807, 2.05) is 0 Å². The van der Waals surface area contributed by atoms with E-state index < -0.39 is 6.09 Å². The van der Waals surface area contributed by atoms with Gasteiger partial charge in [0.05, 0.1) is 5.56 Å². The fourth-order valence-electron chi connectivity index (χ4n) is 3.52. The molecule has 8 heteroatoms. The second-order valence-electron chi connectivity index (χ2n) is 7.38. The van der Waals surface area contributed by atoms with Crippen molar-refractivity contribution < 1.29 is 19.1 Å². The van der Waals surface area contributed by atoms with Crippen LogP contribution in [0, 0.1) is 5.92 Å². The number of pyridine rings is 1. The zero-order chi connectivity index (χ0) is 20.2. The van der Waals surface area contributed by atoms with Gasteiger partial charge in [-0.25, -0.2) is 4.79 Å². The van der Waals surface area contributed by atoms with Crippen molar-refractivity contribution in [2.45, 2.75) is 38.6 Å². The van der Waals surface area contributed by atoms with Crippen LogP contribution in [-0.2, 0) is 0 Å². The lowest BCUT2D eigenvalue weighted by Gasteiger charge is -2.26. The highest BCUT2D eigenvalue weighted by atomic mass is 16.6. The minimum Gasteiger partial charge on any atom is -0.507 e. The molecular formula is C21H22N4O4. The second kappa shape index (κ2) is 8.30. The maximum Gasteiger partial charge on any atom is 0.412 e. The number of benzene rings is 1. The van der Waals surface area contributed by atoms with Crippen LogP contribution in [0.25, 0.3) is 22.6 Å². The van der Waals surface area contributed by atoms with Gasteiger partial charge in [0.2, 0.25) is 12.3 Å². The normalized spacial score (nSPS) is 18.9. The van der Waals surface area contributed by atoms with E-state index in [1.54, 1.807) is 30.6 Å². The van der Waals surface area contributed by atoms with Crippen LogP contribution in [0.5, 0.6) is 11.5 Å². The van der Waals surface area contributed by atoms with Crippen LogP contribution >= 0.6 is 0 Å². The molecule has 1 aliphatic rings. The molecule has 3 aromatic rings. The largest absolute Gasteiger partial charge is 0.507 e. The van der Waals surface area contributed by atoms with Gasteiger partial charge < -0.3 is 19.6 Å². The highest BCUT2D eigenvalue weighted by molar-refractivity contribution is 5.76. The number of carbonyl (C=O) groups excluding carboxylic acids is 1. The van der Waals surface area contributed by atoms with Gasteiger partial charge in [-0.2, -0.15) is 0 Å². The van der Waals surface area contributed by atoms with Gasteiger partial charge in [0.1, 0.15) is 11.5 Å². The van der Waals surface area contributed by atoms with E-state index in [1.165, 1.54) is 12.5 Å². The molecule has 4 rings (SSSR count). The number of nitrogens with zero attached hydrogens (tertiary/aromatic N) is 3. The molecule has 2 heterocycles. The van der Waals surface area contributed by atoms with E-state index >= 15 is 0 Å². The number of hydrogen-bond donors (Lipinski definition) is 2. The minimum atomic E-state index is -0.487. The van der Waals surface area contributed by atoms with Gasteiger partial charge >= 0.3 is 6.09 Å².